The zero-order chi connectivity index (χ0) is 13.0. The van der Waals surface area contributed by atoms with Crippen LogP contribution in [0.5, 0.6) is 5.19 Å². The number of rotatable bonds is 4. The minimum atomic E-state index is 0.107. The topological polar surface area (TPSA) is 47.0 Å². The highest BCUT2D eigenvalue weighted by molar-refractivity contribution is 7.13. The van der Waals surface area contributed by atoms with E-state index in [1.54, 1.807) is 11.3 Å². The normalized spacial score (nSPS) is 17.9. The molecule has 5 heteroatoms. The number of aromatic nitrogens is 2. The van der Waals surface area contributed by atoms with Gasteiger partial charge >= 0.3 is 0 Å². The van der Waals surface area contributed by atoms with Crippen molar-refractivity contribution in [3.05, 3.63) is 5.01 Å². The van der Waals surface area contributed by atoms with Gasteiger partial charge in [0, 0.05) is 5.54 Å². The van der Waals surface area contributed by atoms with Crippen LogP contribution in [0, 0.1) is 0 Å². The average Bonchev–Trinajstić information content (AvgIpc) is 2.75. The monoisotopic (exact) mass is 269 g/mol. The lowest BCUT2D eigenvalue weighted by Crippen LogP contribution is -2.35. The lowest BCUT2D eigenvalue weighted by Gasteiger charge is -2.21. The lowest BCUT2D eigenvalue weighted by molar-refractivity contribution is 0.153. The summed E-state index contributed by atoms with van der Waals surface area (Å²) in [6, 6.07) is 0. The summed E-state index contributed by atoms with van der Waals surface area (Å²) in [7, 11) is 0. The maximum atomic E-state index is 5.89. The van der Waals surface area contributed by atoms with Crippen LogP contribution in [0.2, 0.25) is 0 Å². The first kappa shape index (κ1) is 13.7. The van der Waals surface area contributed by atoms with Gasteiger partial charge in [-0.25, -0.2) is 0 Å². The smallest absolute Gasteiger partial charge is 0.294 e. The van der Waals surface area contributed by atoms with E-state index in [1.165, 1.54) is 19.3 Å². The average molecular weight is 269 g/mol. The molecule has 0 spiro atoms. The highest BCUT2D eigenvalue weighted by atomic mass is 32.1. The number of ether oxygens (including phenoxy) is 1. The largest absolute Gasteiger partial charge is 0.466 e. The van der Waals surface area contributed by atoms with Crippen molar-refractivity contribution in [2.24, 2.45) is 0 Å². The van der Waals surface area contributed by atoms with E-state index in [9.17, 15) is 0 Å². The van der Waals surface area contributed by atoms with E-state index in [1.807, 2.05) is 0 Å². The summed E-state index contributed by atoms with van der Waals surface area (Å²) in [4.78, 5) is 0. The third kappa shape index (κ3) is 4.53. The maximum Gasteiger partial charge on any atom is 0.294 e. The fraction of sp³-hybridized carbons (Fsp3) is 0.846. The highest BCUT2D eigenvalue weighted by Crippen LogP contribution is 2.25. The van der Waals surface area contributed by atoms with Crippen LogP contribution in [0.3, 0.4) is 0 Å². The Morgan fingerprint density at radius 1 is 1.22 bits per heavy atom. The molecule has 1 aromatic heterocycles. The van der Waals surface area contributed by atoms with Crippen LogP contribution in [-0.2, 0) is 6.54 Å². The van der Waals surface area contributed by atoms with Crippen molar-refractivity contribution >= 4 is 11.3 Å². The summed E-state index contributed by atoms with van der Waals surface area (Å²) < 4.78 is 5.89. The standard InChI is InChI=1S/C13H23N3OS/c1-13(2,3)14-9-11-15-16-12(18-11)17-10-7-5-4-6-8-10/h10,14H,4-9H2,1-3H3. The Balaban J connectivity index is 1.82. The van der Waals surface area contributed by atoms with E-state index < -0.39 is 0 Å². The van der Waals surface area contributed by atoms with Crippen molar-refractivity contribution in [1.82, 2.24) is 15.5 Å². The molecular formula is C13H23N3OS. The Kier molecular flexibility index (Phi) is 4.56. The van der Waals surface area contributed by atoms with Gasteiger partial charge in [0.2, 0.25) is 0 Å². The second-order valence-electron chi connectivity index (χ2n) is 5.94. The summed E-state index contributed by atoms with van der Waals surface area (Å²) in [6.07, 6.45) is 6.58. The molecule has 1 aliphatic rings. The first-order chi connectivity index (χ1) is 8.53. The molecule has 1 N–H and O–H groups in total. The molecular weight excluding hydrogens is 246 g/mol. The molecule has 1 saturated carbocycles. The minimum absolute atomic E-state index is 0.107. The van der Waals surface area contributed by atoms with Crippen molar-refractivity contribution in [3.63, 3.8) is 0 Å². The Hall–Kier alpha value is -0.680. The van der Waals surface area contributed by atoms with Gasteiger partial charge in [0.05, 0.1) is 6.54 Å². The van der Waals surface area contributed by atoms with Crippen LogP contribution in [0.15, 0.2) is 0 Å². The van der Waals surface area contributed by atoms with Gasteiger partial charge in [-0.15, -0.1) is 5.10 Å². The third-order valence-corrected chi connectivity index (χ3v) is 3.85. The summed E-state index contributed by atoms with van der Waals surface area (Å²) in [5.41, 5.74) is 0.107. The molecule has 0 unspecified atom stereocenters. The summed E-state index contributed by atoms with van der Waals surface area (Å²) >= 11 is 1.56. The number of hydrogen-bond donors (Lipinski definition) is 1. The van der Waals surface area contributed by atoms with E-state index in [-0.39, 0.29) is 5.54 Å². The Morgan fingerprint density at radius 3 is 2.61 bits per heavy atom. The zero-order valence-electron chi connectivity index (χ0n) is 11.5. The fourth-order valence-corrected chi connectivity index (χ4v) is 2.72. The van der Waals surface area contributed by atoms with Gasteiger partial charge in [0.1, 0.15) is 11.1 Å². The first-order valence-electron chi connectivity index (χ1n) is 6.77. The molecule has 1 aliphatic carbocycles. The van der Waals surface area contributed by atoms with Crippen LogP contribution >= 0.6 is 11.3 Å². The van der Waals surface area contributed by atoms with Gasteiger partial charge < -0.3 is 10.1 Å². The number of nitrogens with zero attached hydrogens (tertiary/aromatic N) is 2. The molecule has 0 radical (unpaired) electrons. The molecule has 0 amide bonds. The van der Waals surface area contributed by atoms with E-state index >= 15 is 0 Å². The molecule has 1 fully saturated rings. The molecule has 0 bridgehead atoms. The minimum Gasteiger partial charge on any atom is -0.466 e. The Bertz CT molecular complexity index is 367. The molecule has 4 nitrogen and oxygen atoms in total. The molecule has 0 aliphatic heterocycles. The second-order valence-corrected chi connectivity index (χ2v) is 6.97. The van der Waals surface area contributed by atoms with Crippen molar-refractivity contribution in [2.45, 2.75) is 71.1 Å². The lowest BCUT2D eigenvalue weighted by atomic mass is 9.98. The zero-order valence-corrected chi connectivity index (χ0v) is 12.3. The van der Waals surface area contributed by atoms with E-state index in [0.29, 0.717) is 6.10 Å². The van der Waals surface area contributed by atoms with E-state index in [4.69, 9.17) is 4.74 Å². The van der Waals surface area contributed by atoms with Gasteiger partial charge in [-0.05, 0) is 46.5 Å². The van der Waals surface area contributed by atoms with E-state index in [2.05, 4.69) is 36.3 Å². The first-order valence-corrected chi connectivity index (χ1v) is 7.59. The SMILES string of the molecule is CC(C)(C)NCc1nnc(OC2CCCCC2)s1. The Morgan fingerprint density at radius 2 is 1.94 bits per heavy atom. The molecule has 1 heterocycles. The molecule has 0 saturated heterocycles. The van der Waals surface area contributed by atoms with Crippen molar-refractivity contribution < 1.29 is 4.74 Å². The van der Waals surface area contributed by atoms with Crippen molar-refractivity contribution in [1.29, 1.82) is 0 Å². The van der Waals surface area contributed by atoms with Crippen LogP contribution < -0.4 is 10.1 Å². The number of nitrogens with one attached hydrogen (secondary N) is 1. The van der Waals surface area contributed by atoms with Gasteiger partial charge in [0.25, 0.3) is 5.19 Å². The van der Waals surface area contributed by atoms with Crippen LogP contribution in [0.4, 0.5) is 0 Å². The van der Waals surface area contributed by atoms with Crippen LogP contribution in [0.25, 0.3) is 0 Å². The predicted molar refractivity (Wildman–Crippen MR) is 74.0 cm³/mol. The van der Waals surface area contributed by atoms with Crippen molar-refractivity contribution in [3.8, 4) is 5.19 Å². The highest BCUT2D eigenvalue weighted by Gasteiger charge is 2.17. The van der Waals surface area contributed by atoms with Gasteiger partial charge in [-0.1, -0.05) is 22.9 Å². The quantitative estimate of drug-likeness (QED) is 0.912. The third-order valence-electron chi connectivity index (χ3n) is 3.04. The van der Waals surface area contributed by atoms with Gasteiger partial charge in [0.15, 0.2) is 0 Å². The molecule has 0 aromatic carbocycles. The van der Waals surface area contributed by atoms with Crippen LogP contribution in [0.1, 0.15) is 57.9 Å². The molecule has 1 aromatic rings. The van der Waals surface area contributed by atoms with Crippen molar-refractivity contribution in [2.75, 3.05) is 0 Å². The molecule has 102 valence electrons. The number of hydrogen-bond acceptors (Lipinski definition) is 5. The summed E-state index contributed by atoms with van der Waals surface area (Å²) in [5.74, 6) is 0. The Labute approximate surface area is 113 Å². The van der Waals surface area contributed by atoms with Crippen LogP contribution in [-0.4, -0.2) is 21.8 Å². The van der Waals surface area contributed by atoms with E-state index in [0.717, 1.165) is 29.6 Å². The summed E-state index contributed by atoms with van der Waals surface area (Å²) in [5, 5.41) is 13.4. The van der Waals surface area contributed by atoms with Gasteiger partial charge in [-0.2, -0.15) is 0 Å². The fourth-order valence-electron chi connectivity index (χ4n) is 2.02. The van der Waals surface area contributed by atoms with Gasteiger partial charge in [-0.3, -0.25) is 0 Å². The maximum absolute atomic E-state index is 5.89. The predicted octanol–water partition coefficient (Wildman–Crippen LogP) is 3.14. The second kappa shape index (κ2) is 5.97. The molecule has 0 atom stereocenters. The summed E-state index contributed by atoms with van der Waals surface area (Å²) in [6.45, 7) is 7.20. The molecule has 18 heavy (non-hydrogen) atoms. The molecule has 2 rings (SSSR count).